The Kier molecular flexibility index (Phi) is 1.68. The number of hydrogen-bond donors (Lipinski definition) is 1. The fourth-order valence-electron chi connectivity index (χ4n) is 1.95. The lowest BCUT2D eigenvalue weighted by molar-refractivity contribution is 0.748. The van der Waals surface area contributed by atoms with Gasteiger partial charge in [0, 0.05) is 19.4 Å². The molecule has 2 aromatic heterocycles. The van der Waals surface area contributed by atoms with E-state index in [1.165, 1.54) is 5.69 Å². The van der Waals surface area contributed by atoms with Crippen LogP contribution in [0.15, 0.2) is 36.8 Å². The molecule has 0 atom stereocenters. The van der Waals surface area contributed by atoms with Crippen molar-refractivity contribution in [3.63, 3.8) is 0 Å². The quantitative estimate of drug-likeness (QED) is 0.702. The van der Waals surface area contributed by atoms with Gasteiger partial charge >= 0.3 is 0 Å². The predicted molar refractivity (Wildman–Crippen MR) is 59.8 cm³/mol. The number of pyridine rings is 1. The zero-order valence-corrected chi connectivity index (χ0v) is 8.51. The van der Waals surface area contributed by atoms with Crippen LogP contribution in [0.3, 0.4) is 0 Å². The highest BCUT2D eigenvalue weighted by molar-refractivity contribution is 5.69. The summed E-state index contributed by atoms with van der Waals surface area (Å²) in [5, 5.41) is 5.49. The van der Waals surface area contributed by atoms with Gasteiger partial charge in [-0.2, -0.15) is 0 Å². The van der Waals surface area contributed by atoms with Gasteiger partial charge in [-0.25, -0.2) is 0 Å². The highest BCUT2D eigenvalue weighted by Gasteiger charge is 2.15. The van der Waals surface area contributed by atoms with Crippen molar-refractivity contribution in [3.05, 3.63) is 42.5 Å². The lowest BCUT2D eigenvalue weighted by atomic mass is 10.3. The Labute approximate surface area is 88.1 Å². The second-order valence-corrected chi connectivity index (χ2v) is 3.61. The number of nitrogens with zero attached hydrogens (tertiary/aromatic N) is 3. The predicted octanol–water partition coefficient (Wildman–Crippen LogP) is 1.71. The fourth-order valence-corrected chi connectivity index (χ4v) is 1.95. The van der Waals surface area contributed by atoms with Crippen molar-refractivity contribution in [2.45, 2.75) is 6.54 Å². The topological polar surface area (TPSA) is 33.1 Å². The fraction of sp³-hybridized carbons (Fsp3) is 0.182. The molecule has 3 rings (SSSR count). The first-order chi connectivity index (χ1) is 7.36. The van der Waals surface area contributed by atoms with E-state index >= 15 is 0 Å². The lowest BCUT2D eigenvalue weighted by Gasteiger charge is -2.21. The van der Waals surface area contributed by atoms with Crippen LogP contribution in [0.4, 0.5) is 11.4 Å². The summed E-state index contributed by atoms with van der Waals surface area (Å²) < 4.78 is 2.14. The van der Waals surface area contributed by atoms with Gasteiger partial charge in [0.05, 0.1) is 29.8 Å². The van der Waals surface area contributed by atoms with E-state index in [0.29, 0.717) is 0 Å². The molecule has 0 bridgehead atoms. The molecule has 4 nitrogen and oxygen atoms in total. The van der Waals surface area contributed by atoms with E-state index < -0.39 is 0 Å². The summed E-state index contributed by atoms with van der Waals surface area (Å²) in [6.45, 7) is 0.829. The monoisotopic (exact) mass is 200 g/mol. The first-order valence-electron chi connectivity index (χ1n) is 4.94. The molecule has 15 heavy (non-hydrogen) atoms. The smallest absolute Gasteiger partial charge is 0.0837 e. The average Bonchev–Trinajstić information content (AvgIpc) is 2.69. The lowest BCUT2D eigenvalue weighted by Crippen LogP contribution is -2.24. The van der Waals surface area contributed by atoms with Crippen molar-refractivity contribution >= 4 is 11.4 Å². The zero-order valence-electron chi connectivity index (χ0n) is 8.51. The van der Waals surface area contributed by atoms with Crippen molar-refractivity contribution in [1.29, 1.82) is 0 Å². The summed E-state index contributed by atoms with van der Waals surface area (Å²) >= 11 is 0. The average molecular weight is 200 g/mol. The molecule has 0 saturated heterocycles. The van der Waals surface area contributed by atoms with Crippen LogP contribution in [0.5, 0.6) is 0 Å². The van der Waals surface area contributed by atoms with E-state index in [-0.39, 0.29) is 0 Å². The Balaban J connectivity index is 2.18. The van der Waals surface area contributed by atoms with Crippen LogP contribution in [0.1, 0.15) is 5.69 Å². The molecule has 1 aliphatic heterocycles. The molecule has 0 amide bonds. The van der Waals surface area contributed by atoms with E-state index in [1.54, 1.807) is 0 Å². The van der Waals surface area contributed by atoms with Crippen molar-refractivity contribution in [3.8, 4) is 0 Å². The molecular weight excluding hydrogens is 188 g/mol. The summed E-state index contributed by atoms with van der Waals surface area (Å²) in [5.41, 5.74) is 3.46. The maximum atomic E-state index is 4.12. The van der Waals surface area contributed by atoms with Gasteiger partial charge in [-0.05, 0) is 18.2 Å². The highest BCUT2D eigenvalue weighted by atomic mass is 15.5. The third kappa shape index (κ3) is 1.18. The SMILES string of the molecule is CN1c2ccncc2NCc2cccn21. The third-order valence-corrected chi connectivity index (χ3v) is 2.74. The van der Waals surface area contributed by atoms with Crippen molar-refractivity contribution in [2.75, 3.05) is 17.4 Å². The Morgan fingerprint density at radius 2 is 2.33 bits per heavy atom. The Morgan fingerprint density at radius 3 is 3.27 bits per heavy atom. The van der Waals surface area contributed by atoms with Crippen molar-refractivity contribution < 1.29 is 0 Å². The molecule has 1 aliphatic rings. The largest absolute Gasteiger partial charge is 0.376 e. The number of aromatic nitrogens is 2. The number of nitrogens with one attached hydrogen (secondary N) is 1. The summed E-state index contributed by atoms with van der Waals surface area (Å²) in [6, 6.07) is 6.18. The van der Waals surface area contributed by atoms with Crippen LogP contribution in [-0.2, 0) is 6.54 Å². The molecule has 0 aromatic carbocycles. The Hall–Kier alpha value is -1.97. The van der Waals surface area contributed by atoms with Crippen LogP contribution >= 0.6 is 0 Å². The zero-order chi connectivity index (χ0) is 10.3. The molecule has 3 heterocycles. The molecule has 0 aliphatic carbocycles. The van der Waals surface area contributed by atoms with Crippen LogP contribution in [-0.4, -0.2) is 16.7 Å². The third-order valence-electron chi connectivity index (χ3n) is 2.74. The minimum atomic E-state index is 0.829. The second-order valence-electron chi connectivity index (χ2n) is 3.61. The summed E-state index contributed by atoms with van der Waals surface area (Å²) in [5.74, 6) is 0. The molecule has 0 radical (unpaired) electrons. The van der Waals surface area contributed by atoms with Gasteiger partial charge in [0.1, 0.15) is 0 Å². The van der Waals surface area contributed by atoms with Gasteiger partial charge in [0.15, 0.2) is 0 Å². The number of hydrogen-bond acceptors (Lipinski definition) is 3. The van der Waals surface area contributed by atoms with Gasteiger partial charge in [0.2, 0.25) is 0 Å². The first-order valence-corrected chi connectivity index (χ1v) is 4.94. The second kappa shape index (κ2) is 3.02. The highest BCUT2D eigenvalue weighted by Crippen LogP contribution is 2.27. The Bertz CT molecular complexity index is 489. The van der Waals surface area contributed by atoms with Crippen molar-refractivity contribution in [1.82, 2.24) is 9.66 Å². The van der Waals surface area contributed by atoms with Gasteiger partial charge in [-0.15, -0.1) is 0 Å². The maximum Gasteiger partial charge on any atom is 0.0837 e. The number of fused-ring (bicyclic) bond motifs is 2. The molecule has 4 heteroatoms. The minimum Gasteiger partial charge on any atom is -0.376 e. The van der Waals surface area contributed by atoms with E-state index in [4.69, 9.17) is 0 Å². The van der Waals surface area contributed by atoms with E-state index in [1.807, 2.05) is 18.5 Å². The normalized spacial score (nSPS) is 13.8. The van der Waals surface area contributed by atoms with Gasteiger partial charge in [-0.1, -0.05) is 0 Å². The molecule has 1 N–H and O–H groups in total. The molecule has 0 fully saturated rings. The summed E-state index contributed by atoms with van der Waals surface area (Å²) in [4.78, 5) is 4.12. The van der Waals surface area contributed by atoms with Gasteiger partial charge in [0.25, 0.3) is 0 Å². The molecule has 0 saturated carbocycles. The van der Waals surface area contributed by atoms with Crippen LogP contribution in [0.25, 0.3) is 0 Å². The van der Waals surface area contributed by atoms with Crippen LogP contribution < -0.4 is 10.3 Å². The molecule has 76 valence electrons. The standard InChI is InChI=1S/C11H12N4/c1-14-11-4-5-12-8-10(11)13-7-9-3-2-6-15(9)14/h2-6,8,13H,7H2,1H3. The van der Waals surface area contributed by atoms with Crippen LogP contribution in [0, 0.1) is 0 Å². The molecule has 0 unspecified atom stereocenters. The molecule has 0 spiro atoms. The summed E-state index contributed by atoms with van der Waals surface area (Å²) in [6.07, 6.45) is 5.73. The maximum absolute atomic E-state index is 4.12. The van der Waals surface area contributed by atoms with Crippen LogP contribution in [0.2, 0.25) is 0 Å². The number of rotatable bonds is 0. The number of anilines is 2. The Morgan fingerprint density at radius 1 is 1.40 bits per heavy atom. The van der Waals surface area contributed by atoms with Crippen molar-refractivity contribution in [2.24, 2.45) is 0 Å². The summed E-state index contributed by atoms with van der Waals surface area (Å²) in [7, 11) is 2.05. The molecular formula is C11H12N4. The van der Waals surface area contributed by atoms with Gasteiger partial charge < -0.3 is 5.32 Å². The van der Waals surface area contributed by atoms with E-state index in [0.717, 1.165) is 17.9 Å². The minimum absolute atomic E-state index is 0.829. The van der Waals surface area contributed by atoms with Gasteiger partial charge in [-0.3, -0.25) is 14.7 Å². The first kappa shape index (κ1) is 8.35. The molecule has 2 aromatic rings. The van der Waals surface area contributed by atoms with E-state index in [9.17, 15) is 0 Å². The van der Waals surface area contributed by atoms with E-state index in [2.05, 4.69) is 45.4 Å².